The first-order valence-electron chi connectivity index (χ1n) is 12.9. The van der Waals surface area contributed by atoms with Crippen molar-refractivity contribution in [1.29, 1.82) is 21.0 Å². The summed E-state index contributed by atoms with van der Waals surface area (Å²) in [6.07, 6.45) is 12.3. The molecule has 0 aliphatic rings. The van der Waals surface area contributed by atoms with Crippen molar-refractivity contribution in [2.75, 3.05) is 0 Å². The maximum absolute atomic E-state index is 9.45. The normalized spacial score (nSPS) is 10.1. The molecule has 0 aromatic heterocycles. The zero-order valence-corrected chi connectivity index (χ0v) is 21.7. The minimum absolute atomic E-state index is 0.309. The fourth-order valence-electron chi connectivity index (χ4n) is 4.24. The van der Waals surface area contributed by atoms with Gasteiger partial charge in [-0.1, -0.05) is 96.6 Å². The van der Waals surface area contributed by atoms with Crippen LogP contribution >= 0.6 is 0 Å². The van der Waals surface area contributed by atoms with Crippen LogP contribution in [0, 0.1) is 51.2 Å². The number of benzene rings is 1. The molecule has 1 aromatic carbocycles. The second-order valence-electron chi connectivity index (χ2n) is 8.83. The van der Waals surface area contributed by atoms with E-state index in [0.717, 1.165) is 88.2 Å². The Bertz CT molecular complexity index is 824. The monoisotopic (exact) mass is 458 g/mol. The highest BCUT2D eigenvalue weighted by molar-refractivity contribution is 5.40. The first-order valence-corrected chi connectivity index (χ1v) is 12.9. The maximum atomic E-state index is 9.45. The maximum Gasteiger partial charge on any atom is 0.142 e. The summed E-state index contributed by atoms with van der Waals surface area (Å²) in [5, 5.41) is 36.4. The Morgan fingerprint density at radius 1 is 0.706 bits per heavy atom. The van der Waals surface area contributed by atoms with Gasteiger partial charge in [-0.15, -0.1) is 0 Å². The summed E-state index contributed by atoms with van der Waals surface area (Å²) >= 11 is 0. The van der Waals surface area contributed by atoms with Gasteiger partial charge < -0.3 is 0 Å². The van der Waals surface area contributed by atoms with E-state index in [-0.39, 0.29) is 5.41 Å². The van der Waals surface area contributed by atoms with Gasteiger partial charge in [0.15, 0.2) is 0 Å². The molecule has 1 rings (SSSR count). The van der Waals surface area contributed by atoms with E-state index in [0.29, 0.717) is 5.57 Å². The van der Waals surface area contributed by atoms with Gasteiger partial charge in [-0.2, -0.15) is 21.0 Å². The van der Waals surface area contributed by atoms with Crippen molar-refractivity contribution in [2.45, 2.75) is 110 Å². The van der Waals surface area contributed by atoms with Crippen molar-refractivity contribution in [2.24, 2.45) is 5.92 Å². The number of nitrogens with zero attached hydrogens (tertiary/aromatic N) is 4. The molecule has 0 saturated heterocycles. The average Bonchev–Trinajstić information content (AvgIpc) is 2.88. The Morgan fingerprint density at radius 3 is 1.50 bits per heavy atom. The quantitative estimate of drug-likeness (QED) is 0.260. The number of rotatable bonds is 14. The fourth-order valence-corrected chi connectivity index (χ4v) is 4.24. The van der Waals surface area contributed by atoms with E-state index in [9.17, 15) is 10.5 Å². The van der Waals surface area contributed by atoms with Gasteiger partial charge in [-0.3, -0.25) is 0 Å². The lowest BCUT2D eigenvalue weighted by Crippen LogP contribution is -2.34. The van der Waals surface area contributed by atoms with Crippen molar-refractivity contribution in [3.63, 3.8) is 0 Å². The van der Waals surface area contributed by atoms with Gasteiger partial charge in [0.05, 0.1) is 12.1 Å². The van der Waals surface area contributed by atoms with E-state index >= 15 is 0 Å². The van der Waals surface area contributed by atoms with Crippen LogP contribution in [0.15, 0.2) is 41.5 Å². The largest absolute Gasteiger partial charge is 0.197 e. The standard InChI is InChI=1S/C18H24N2.C12H18N2/c1-3-5-12-18(13-6-4-2,17(14-19)15-20)16-10-8-7-9-11-16;1-3-5-7-11(8-6-4-2)12(9-13)10-14/h7-11,17H,3-6,12-13H2,1-2H3;3-8H2,1-2H3. The highest BCUT2D eigenvalue weighted by atomic mass is 14.4. The van der Waals surface area contributed by atoms with E-state index in [1.165, 1.54) is 0 Å². The van der Waals surface area contributed by atoms with Crippen molar-refractivity contribution in [1.82, 2.24) is 0 Å². The summed E-state index contributed by atoms with van der Waals surface area (Å²) < 4.78 is 0. The molecule has 4 heteroatoms. The molecule has 0 saturated carbocycles. The Balaban J connectivity index is 0.000000686. The molecular formula is C30H42N4. The summed E-state index contributed by atoms with van der Waals surface area (Å²) in [4.78, 5) is 0. The minimum atomic E-state index is -0.567. The van der Waals surface area contributed by atoms with Gasteiger partial charge in [-0.25, -0.2) is 0 Å². The topological polar surface area (TPSA) is 95.2 Å². The number of allylic oxidation sites excluding steroid dienone is 2. The second kappa shape index (κ2) is 19.4. The molecule has 0 amide bonds. The lowest BCUT2D eigenvalue weighted by atomic mass is 9.65. The second-order valence-corrected chi connectivity index (χ2v) is 8.83. The first kappa shape index (κ1) is 30.9. The highest BCUT2D eigenvalue weighted by Gasteiger charge is 2.39. The molecule has 0 fully saturated rings. The Kier molecular flexibility index (Phi) is 17.6. The molecule has 0 N–H and O–H groups in total. The molecule has 182 valence electrons. The van der Waals surface area contributed by atoms with E-state index in [1.54, 1.807) is 0 Å². The first-order chi connectivity index (χ1) is 16.5. The Morgan fingerprint density at radius 2 is 1.15 bits per heavy atom. The van der Waals surface area contributed by atoms with Gasteiger partial charge in [0.2, 0.25) is 0 Å². The van der Waals surface area contributed by atoms with Crippen LogP contribution in [0.4, 0.5) is 0 Å². The van der Waals surface area contributed by atoms with Gasteiger partial charge in [-0.05, 0) is 49.7 Å². The lowest BCUT2D eigenvalue weighted by molar-refractivity contribution is 0.302. The summed E-state index contributed by atoms with van der Waals surface area (Å²) in [5.41, 5.74) is 2.23. The predicted octanol–water partition coefficient (Wildman–Crippen LogP) is 8.68. The molecule has 0 radical (unpaired) electrons. The van der Waals surface area contributed by atoms with Crippen molar-refractivity contribution in [3.8, 4) is 24.3 Å². The van der Waals surface area contributed by atoms with Gasteiger partial charge in [0.1, 0.15) is 23.6 Å². The van der Waals surface area contributed by atoms with Crippen molar-refractivity contribution in [3.05, 3.63) is 47.0 Å². The molecule has 1 aromatic rings. The Labute approximate surface area is 208 Å². The lowest BCUT2D eigenvalue weighted by Gasteiger charge is -2.35. The highest BCUT2D eigenvalue weighted by Crippen LogP contribution is 2.41. The number of unbranched alkanes of at least 4 members (excludes halogenated alkanes) is 4. The summed E-state index contributed by atoms with van der Waals surface area (Å²) in [6, 6.07) is 18.6. The third-order valence-electron chi connectivity index (χ3n) is 6.35. The van der Waals surface area contributed by atoms with Crippen LogP contribution in [0.1, 0.15) is 110 Å². The van der Waals surface area contributed by atoms with Gasteiger partial charge >= 0.3 is 0 Å². The average molecular weight is 459 g/mol. The van der Waals surface area contributed by atoms with Crippen LogP contribution in [-0.4, -0.2) is 0 Å². The van der Waals surface area contributed by atoms with Crippen LogP contribution in [0.2, 0.25) is 0 Å². The summed E-state index contributed by atoms with van der Waals surface area (Å²) in [5.74, 6) is -0.567. The SMILES string of the molecule is CCCCC(CCCC)(c1ccccc1)C(C#N)C#N.CCCCC(CCCC)=C(C#N)C#N. The van der Waals surface area contributed by atoms with Crippen LogP contribution < -0.4 is 0 Å². The van der Waals surface area contributed by atoms with E-state index in [2.05, 4.69) is 52.0 Å². The third kappa shape index (κ3) is 10.2. The molecule has 0 unspecified atom stereocenters. The molecule has 4 nitrogen and oxygen atoms in total. The molecule has 34 heavy (non-hydrogen) atoms. The fraction of sp³-hybridized carbons (Fsp3) is 0.600. The number of hydrogen-bond donors (Lipinski definition) is 0. The van der Waals surface area contributed by atoms with Crippen molar-refractivity contribution < 1.29 is 0 Å². The zero-order valence-electron chi connectivity index (χ0n) is 21.7. The third-order valence-corrected chi connectivity index (χ3v) is 6.35. The predicted molar refractivity (Wildman–Crippen MR) is 139 cm³/mol. The molecule has 0 atom stereocenters. The number of hydrogen-bond acceptors (Lipinski definition) is 4. The molecule has 0 aliphatic heterocycles. The van der Waals surface area contributed by atoms with E-state index in [1.807, 2.05) is 30.3 Å². The molecule has 0 spiro atoms. The van der Waals surface area contributed by atoms with Gasteiger partial charge in [0, 0.05) is 5.41 Å². The molecule has 0 aliphatic carbocycles. The van der Waals surface area contributed by atoms with E-state index in [4.69, 9.17) is 10.5 Å². The molecule has 0 bridgehead atoms. The van der Waals surface area contributed by atoms with E-state index < -0.39 is 5.92 Å². The molecular weight excluding hydrogens is 416 g/mol. The Hall–Kier alpha value is -3.08. The van der Waals surface area contributed by atoms with Crippen LogP contribution in [-0.2, 0) is 5.41 Å². The minimum Gasteiger partial charge on any atom is -0.197 e. The smallest absolute Gasteiger partial charge is 0.142 e. The van der Waals surface area contributed by atoms with Crippen LogP contribution in [0.25, 0.3) is 0 Å². The molecule has 0 heterocycles. The van der Waals surface area contributed by atoms with Crippen molar-refractivity contribution >= 4 is 0 Å². The summed E-state index contributed by atoms with van der Waals surface area (Å²) in [6.45, 7) is 8.55. The number of nitriles is 4. The van der Waals surface area contributed by atoms with Gasteiger partial charge in [0.25, 0.3) is 0 Å². The van der Waals surface area contributed by atoms with Crippen LogP contribution in [0.3, 0.4) is 0 Å². The van der Waals surface area contributed by atoms with Crippen LogP contribution in [0.5, 0.6) is 0 Å². The zero-order chi connectivity index (χ0) is 25.7. The summed E-state index contributed by atoms with van der Waals surface area (Å²) in [7, 11) is 0.